The van der Waals surface area contributed by atoms with E-state index in [9.17, 15) is 4.79 Å². The lowest BCUT2D eigenvalue weighted by Gasteiger charge is -2.33. The Bertz CT molecular complexity index is 181. The maximum atomic E-state index is 11.1. The second kappa shape index (κ2) is 6.58. The highest BCUT2D eigenvalue weighted by molar-refractivity contribution is 14.1. The van der Waals surface area contributed by atoms with Gasteiger partial charge in [0.05, 0.1) is 29.4 Å². The van der Waals surface area contributed by atoms with Gasteiger partial charge < -0.3 is 4.90 Å². The molecule has 0 radical (unpaired) electrons. The molecule has 0 aromatic rings. The molecule has 82 valence electrons. The molecule has 14 heavy (non-hydrogen) atoms. The van der Waals surface area contributed by atoms with Gasteiger partial charge in [-0.15, -0.1) is 0 Å². The fourth-order valence-electron chi connectivity index (χ4n) is 1.72. The van der Waals surface area contributed by atoms with E-state index in [1.54, 1.807) is 0 Å². The first-order valence-electron chi connectivity index (χ1n) is 5.10. The highest BCUT2D eigenvalue weighted by Gasteiger charge is 2.17. The molecule has 0 unspecified atom stereocenters. The summed E-state index contributed by atoms with van der Waals surface area (Å²) in [6.45, 7) is 8.17. The Morgan fingerprint density at radius 3 is 2.36 bits per heavy atom. The minimum Gasteiger partial charge on any atom is -0.301 e. The molecule has 0 aromatic carbocycles. The van der Waals surface area contributed by atoms with E-state index in [1.807, 2.05) is 22.9 Å². The number of nitrogens with zero attached hydrogens (tertiary/aromatic N) is 2. The van der Waals surface area contributed by atoms with E-state index in [0.717, 1.165) is 26.2 Å². The molecule has 0 saturated carbocycles. The highest BCUT2D eigenvalue weighted by atomic mass is 127. The summed E-state index contributed by atoms with van der Waals surface area (Å²) < 4.78 is 2.62. The molecule has 1 fully saturated rings. The first-order valence-corrected chi connectivity index (χ1v) is 6.18. The predicted octanol–water partition coefficient (Wildman–Crippen LogP) is 0.480. The third-order valence-electron chi connectivity index (χ3n) is 2.48. The number of hydrogen-bond acceptors (Lipinski definition) is 3. The Morgan fingerprint density at radius 2 is 1.86 bits per heavy atom. The van der Waals surface area contributed by atoms with Crippen molar-refractivity contribution in [2.24, 2.45) is 0 Å². The molecule has 0 atom stereocenters. The molecule has 0 aromatic heterocycles. The first-order chi connectivity index (χ1) is 6.76. The van der Waals surface area contributed by atoms with Crippen LogP contribution in [0.5, 0.6) is 0 Å². The SMILES string of the molecule is CCCN1CCN(CC(=O)NI)CC1. The van der Waals surface area contributed by atoms with Crippen molar-refractivity contribution in [3.8, 4) is 0 Å². The van der Waals surface area contributed by atoms with Crippen LogP contribution in [0.15, 0.2) is 0 Å². The molecule has 1 aliphatic rings. The molecule has 0 spiro atoms. The molecule has 1 amide bonds. The third kappa shape index (κ3) is 4.10. The number of amides is 1. The number of nitrogens with one attached hydrogen (secondary N) is 1. The lowest BCUT2D eigenvalue weighted by molar-refractivity contribution is -0.120. The smallest absolute Gasteiger partial charge is 0.242 e. The maximum absolute atomic E-state index is 11.1. The Balaban J connectivity index is 2.18. The van der Waals surface area contributed by atoms with E-state index < -0.39 is 0 Å². The molecule has 1 N–H and O–H groups in total. The highest BCUT2D eigenvalue weighted by Crippen LogP contribution is 2.01. The van der Waals surface area contributed by atoms with E-state index in [1.165, 1.54) is 13.0 Å². The summed E-state index contributed by atoms with van der Waals surface area (Å²) in [6, 6.07) is 0. The molecule has 1 rings (SSSR count). The van der Waals surface area contributed by atoms with Crippen LogP contribution < -0.4 is 3.53 Å². The zero-order valence-electron chi connectivity index (χ0n) is 8.63. The number of carbonyl (C=O) groups is 1. The van der Waals surface area contributed by atoms with Crippen molar-refractivity contribution in [2.45, 2.75) is 13.3 Å². The fraction of sp³-hybridized carbons (Fsp3) is 0.889. The van der Waals surface area contributed by atoms with Crippen LogP contribution in [0.1, 0.15) is 13.3 Å². The number of rotatable bonds is 4. The van der Waals surface area contributed by atoms with Crippen LogP contribution in [0.2, 0.25) is 0 Å². The Kier molecular flexibility index (Phi) is 5.73. The van der Waals surface area contributed by atoms with Gasteiger partial charge in [-0.3, -0.25) is 13.2 Å². The van der Waals surface area contributed by atoms with Gasteiger partial charge in [-0.2, -0.15) is 0 Å². The summed E-state index contributed by atoms with van der Waals surface area (Å²) in [7, 11) is 0. The van der Waals surface area contributed by atoms with Crippen LogP contribution in [0, 0.1) is 0 Å². The molecule has 1 aliphatic heterocycles. The fourth-order valence-corrected chi connectivity index (χ4v) is 1.89. The summed E-state index contributed by atoms with van der Waals surface area (Å²) in [5, 5.41) is 0. The predicted molar refractivity (Wildman–Crippen MR) is 65.3 cm³/mol. The van der Waals surface area contributed by atoms with Crippen molar-refractivity contribution >= 4 is 28.8 Å². The van der Waals surface area contributed by atoms with Crippen molar-refractivity contribution in [1.82, 2.24) is 13.3 Å². The van der Waals surface area contributed by atoms with Crippen molar-refractivity contribution in [3.63, 3.8) is 0 Å². The van der Waals surface area contributed by atoms with Gasteiger partial charge in [0.15, 0.2) is 0 Å². The zero-order chi connectivity index (χ0) is 10.4. The van der Waals surface area contributed by atoms with Gasteiger partial charge >= 0.3 is 0 Å². The van der Waals surface area contributed by atoms with E-state index in [4.69, 9.17) is 0 Å². The molecule has 1 saturated heterocycles. The molecule has 4 nitrogen and oxygen atoms in total. The van der Waals surface area contributed by atoms with Crippen LogP contribution in [0.25, 0.3) is 0 Å². The largest absolute Gasteiger partial charge is 0.301 e. The van der Waals surface area contributed by atoms with Gasteiger partial charge in [0.1, 0.15) is 0 Å². The standard InChI is InChI=1S/C9H18IN3O/c1-2-3-12-4-6-13(7-5-12)8-9(14)11-10/h2-8H2,1H3,(H,11,14). The van der Waals surface area contributed by atoms with Gasteiger partial charge in [-0.1, -0.05) is 6.92 Å². The van der Waals surface area contributed by atoms with Crippen LogP contribution in [0.4, 0.5) is 0 Å². The molecule has 0 bridgehead atoms. The van der Waals surface area contributed by atoms with Crippen molar-refractivity contribution < 1.29 is 4.79 Å². The normalized spacial score (nSPS) is 19.6. The van der Waals surface area contributed by atoms with Crippen LogP contribution in [-0.4, -0.2) is 55.0 Å². The quantitative estimate of drug-likeness (QED) is 0.606. The van der Waals surface area contributed by atoms with Gasteiger partial charge in [0, 0.05) is 26.2 Å². The molecule has 0 aliphatic carbocycles. The Morgan fingerprint density at radius 1 is 1.29 bits per heavy atom. The van der Waals surface area contributed by atoms with Gasteiger partial charge in [-0.05, 0) is 13.0 Å². The van der Waals surface area contributed by atoms with Crippen LogP contribution in [-0.2, 0) is 4.79 Å². The van der Waals surface area contributed by atoms with E-state index in [2.05, 4.69) is 20.3 Å². The number of hydrogen-bond donors (Lipinski definition) is 1. The number of piperazine rings is 1. The molecular weight excluding hydrogens is 293 g/mol. The second-order valence-electron chi connectivity index (χ2n) is 3.64. The maximum Gasteiger partial charge on any atom is 0.242 e. The van der Waals surface area contributed by atoms with Crippen molar-refractivity contribution in [1.29, 1.82) is 0 Å². The number of carbonyl (C=O) groups excluding carboxylic acids is 1. The van der Waals surface area contributed by atoms with E-state index in [-0.39, 0.29) is 5.91 Å². The zero-order valence-corrected chi connectivity index (χ0v) is 10.8. The van der Waals surface area contributed by atoms with Crippen LogP contribution in [0.3, 0.4) is 0 Å². The number of halogens is 1. The van der Waals surface area contributed by atoms with Crippen molar-refractivity contribution in [2.75, 3.05) is 39.3 Å². The lowest BCUT2D eigenvalue weighted by Crippen LogP contribution is -2.48. The molecule has 1 heterocycles. The average molecular weight is 311 g/mol. The summed E-state index contributed by atoms with van der Waals surface area (Å²) in [5.41, 5.74) is 0. The van der Waals surface area contributed by atoms with E-state index >= 15 is 0 Å². The Hall–Kier alpha value is 0.120. The van der Waals surface area contributed by atoms with Crippen molar-refractivity contribution in [3.05, 3.63) is 0 Å². The summed E-state index contributed by atoms with van der Waals surface area (Å²) in [6.07, 6.45) is 1.22. The van der Waals surface area contributed by atoms with Gasteiger partial charge in [0.2, 0.25) is 5.91 Å². The van der Waals surface area contributed by atoms with Crippen LogP contribution >= 0.6 is 22.9 Å². The lowest BCUT2D eigenvalue weighted by atomic mass is 10.3. The minimum absolute atomic E-state index is 0.106. The topological polar surface area (TPSA) is 35.6 Å². The Labute approximate surface area is 99.5 Å². The van der Waals surface area contributed by atoms with Gasteiger partial charge in [-0.25, -0.2) is 0 Å². The molecular formula is C9H18IN3O. The second-order valence-corrected chi connectivity index (χ2v) is 4.17. The monoisotopic (exact) mass is 311 g/mol. The molecule has 5 heteroatoms. The van der Waals surface area contributed by atoms with Gasteiger partial charge in [0.25, 0.3) is 0 Å². The summed E-state index contributed by atoms with van der Waals surface area (Å²) in [4.78, 5) is 15.8. The average Bonchev–Trinajstić information content (AvgIpc) is 2.21. The van der Waals surface area contributed by atoms with E-state index in [0.29, 0.717) is 6.54 Å². The minimum atomic E-state index is 0.106. The summed E-state index contributed by atoms with van der Waals surface area (Å²) in [5.74, 6) is 0.106. The summed E-state index contributed by atoms with van der Waals surface area (Å²) >= 11 is 1.89. The first kappa shape index (κ1) is 12.2. The third-order valence-corrected chi connectivity index (χ3v) is 3.08.